The molecule has 3 heteroatoms. The summed E-state index contributed by atoms with van der Waals surface area (Å²) in [4.78, 5) is 2.38. The molecule has 2 aromatic rings. The van der Waals surface area contributed by atoms with E-state index in [9.17, 15) is 5.11 Å². The summed E-state index contributed by atoms with van der Waals surface area (Å²) in [6.07, 6.45) is 3.14. The fourth-order valence-electron chi connectivity index (χ4n) is 4.25. The number of nitrogens with zero attached hydrogens (tertiary/aromatic N) is 1. The standard InChI is InChI=1S/C25H35NO2/c1-19(2)25-10-9-24(15-20(25)3)28-18-23(27)17-26-13-11-22(12-14-26)16-21-7-5-4-6-8-21/h4-10,15,19,22-23,27H,11-14,16-18H2,1-3H3. The number of likely N-dealkylation sites (tertiary alicyclic amines) is 1. The van der Waals surface area contributed by atoms with Crippen LogP contribution in [0.25, 0.3) is 0 Å². The summed E-state index contributed by atoms with van der Waals surface area (Å²) >= 11 is 0. The number of hydrogen-bond donors (Lipinski definition) is 1. The predicted octanol–water partition coefficient (Wildman–Crippen LogP) is 4.81. The minimum atomic E-state index is -0.448. The largest absolute Gasteiger partial charge is 0.491 e. The van der Waals surface area contributed by atoms with Crippen molar-refractivity contribution in [3.63, 3.8) is 0 Å². The Morgan fingerprint density at radius 3 is 2.43 bits per heavy atom. The molecule has 0 radical (unpaired) electrons. The summed E-state index contributed by atoms with van der Waals surface area (Å²) < 4.78 is 5.85. The third-order valence-corrected chi connectivity index (χ3v) is 5.85. The molecule has 0 aliphatic carbocycles. The molecule has 3 nitrogen and oxygen atoms in total. The van der Waals surface area contributed by atoms with Gasteiger partial charge in [0.2, 0.25) is 0 Å². The van der Waals surface area contributed by atoms with E-state index in [1.807, 2.05) is 6.07 Å². The molecule has 152 valence electrons. The first-order valence-electron chi connectivity index (χ1n) is 10.7. The van der Waals surface area contributed by atoms with Gasteiger partial charge < -0.3 is 14.7 Å². The van der Waals surface area contributed by atoms with E-state index < -0.39 is 6.10 Å². The van der Waals surface area contributed by atoms with Gasteiger partial charge in [0.05, 0.1) is 0 Å². The van der Waals surface area contributed by atoms with Gasteiger partial charge in [-0.3, -0.25) is 0 Å². The Morgan fingerprint density at radius 2 is 1.79 bits per heavy atom. The average Bonchev–Trinajstić information content (AvgIpc) is 2.68. The summed E-state index contributed by atoms with van der Waals surface area (Å²) in [6, 6.07) is 17.0. The molecule has 0 saturated carbocycles. The van der Waals surface area contributed by atoms with E-state index in [0.29, 0.717) is 19.1 Å². The SMILES string of the molecule is Cc1cc(OCC(O)CN2CCC(Cc3ccccc3)CC2)ccc1C(C)C. The lowest BCUT2D eigenvalue weighted by atomic mass is 9.90. The van der Waals surface area contributed by atoms with Crippen molar-refractivity contribution in [3.8, 4) is 5.75 Å². The highest BCUT2D eigenvalue weighted by atomic mass is 16.5. The van der Waals surface area contributed by atoms with Gasteiger partial charge in [-0.25, -0.2) is 0 Å². The maximum Gasteiger partial charge on any atom is 0.119 e. The van der Waals surface area contributed by atoms with Crippen molar-refractivity contribution in [3.05, 3.63) is 65.2 Å². The lowest BCUT2D eigenvalue weighted by Crippen LogP contribution is -2.41. The topological polar surface area (TPSA) is 32.7 Å². The quantitative estimate of drug-likeness (QED) is 0.712. The Balaban J connectivity index is 1.39. The predicted molar refractivity (Wildman–Crippen MR) is 116 cm³/mol. The highest BCUT2D eigenvalue weighted by molar-refractivity contribution is 5.36. The first kappa shape index (κ1) is 20.9. The molecule has 1 fully saturated rings. The van der Waals surface area contributed by atoms with Crippen molar-refractivity contribution >= 4 is 0 Å². The van der Waals surface area contributed by atoms with Crippen LogP contribution in [0.2, 0.25) is 0 Å². The third kappa shape index (κ3) is 6.08. The number of ether oxygens (including phenoxy) is 1. The van der Waals surface area contributed by atoms with E-state index in [0.717, 1.165) is 24.8 Å². The summed E-state index contributed by atoms with van der Waals surface area (Å²) in [5.41, 5.74) is 4.04. The van der Waals surface area contributed by atoms with E-state index in [2.05, 4.69) is 68.1 Å². The Bertz CT molecular complexity index is 721. The Hall–Kier alpha value is -1.84. The molecule has 3 rings (SSSR count). The number of hydrogen-bond acceptors (Lipinski definition) is 3. The second-order valence-corrected chi connectivity index (χ2v) is 8.57. The van der Waals surface area contributed by atoms with Crippen molar-refractivity contribution < 1.29 is 9.84 Å². The number of aryl methyl sites for hydroxylation is 1. The zero-order valence-corrected chi connectivity index (χ0v) is 17.6. The van der Waals surface area contributed by atoms with Crippen LogP contribution in [0.5, 0.6) is 5.75 Å². The second kappa shape index (κ2) is 10.1. The zero-order valence-electron chi connectivity index (χ0n) is 17.6. The number of aliphatic hydroxyl groups excluding tert-OH is 1. The zero-order chi connectivity index (χ0) is 19.9. The molecule has 1 atom stereocenters. The third-order valence-electron chi connectivity index (χ3n) is 5.85. The molecule has 0 spiro atoms. The number of rotatable bonds is 8. The van der Waals surface area contributed by atoms with Gasteiger partial charge in [-0.2, -0.15) is 0 Å². The second-order valence-electron chi connectivity index (χ2n) is 8.57. The summed E-state index contributed by atoms with van der Waals surface area (Å²) in [7, 11) is 0. The molecule has 1 N–H and O–H groups in total. The van der Waals surface area contributed by atoms with Gasteiger partial charge in [0, 0.05) is 6.54 Å². The van der Waals surface area contributed by atoms with Crippen molar-refractivity contribution in [2.45, 2.75) is 52.1 Å². The Kier molecular flexibility index (Phi) is 7.52. The maximum atomic E-state index is 10.4. The minimum absolute atomic E-state index is 0.352. The lowest BCUT2D eigenvalue weighted by molar-refractivity contribution is 0.0550. The van der Waals surface area contributed by atoms with Crippen LogP contribution < -0.4 is 4.74 Å². The van der Waals surface area contributed by atoms with E-state index in [1.54, 1.807) is 0 Å². The van der Waals surface area contributed by atoms with Crippen molar-refractivity contribution in [2.24, 2.45) is 5.92 Å². The number of benzene rings is 2. The molecule has 1 aliphatic heterocycles. The average molecular weight is 382 g/mol. The van der Waals surface area contributed by atoms with Crippen LogP contribution in [-0.2, 0) is 6.42 Å². The number of β-amino-alcohol motifs (C(OH)–C–C–N with tert-alkyl or cyclic N) is 1. The maximum absolute atomic E-state index is 10.4. The summed E-state index contributed by atoms with van der Waals surface area (Å²) in [5.74, 6) is 2.13. The fraction of sp³-hybridized carbons (Fsp3) is 0.520. The number of aliphatic hydroxyl groups is 1. The molecule has 0 aromatic heterocycles. The molecule has 1 aliphatic rings. The normalized spacial score (nSPS) is 17.0. The van der Waals surface area contributed by atoms with Crippen molar-refractivity contribution in [1.82, 2.24) is 4.90 Å². The monoisotopic (exact) mass is 381 g/mol. The lowest BCUT2D eigenvalue weighted by Gasteiger charge is -2.33. The Morgan fingerprint density at radius 1 is 1.07 bits per heavy atom. The molecule has 2 aromatic carbocycles. The molecule has 1 unspecified atom stereocenters. The summed E-state index contributed by atoms with van der Waals surface area (Å²) in [6.45, 7) is 9.71. The number of piperidine rings is 1. The summed E-state index contributed by atoms with van der Waals surface area (Å²) in [5, 5.41) is 10.4. The van der Waals surface area contributed by atoms with Gasteiger partial charge in [0.1, 0.15) is 18.5 Å². The van der Waals surface area contributed by atoms with Crippen LogP contribution in [0.15, 0.2) is 48.5 Å². The van der Waals surface area contributed by atoms with Crippen LogP contribution in [0, 0.1) is 12.8 Å². The first-order valence-corrected chi connectivity index (χ1v) is 10.7. The minimum Gasteiger partial charge on any atom is -0.491 e. The van der Waals surface area contributed by atoms with Crippen LogP contribution in [0.3, 0.4) is 0 Å². The van der Waals surface area contributed by atoms with Gasteiger partial charge in [-0.15, -0.1) is 0 Å². The Labute approximate surface area is 170 Å². The van der Waals surface area contributed by atoms with E-state index >= 15 is 0 Å². The molecule has 0 bridgehead atoms. The smallest absolute Gasteiger partial charge is 0.119 e. The van der Waals surface area contributed by atoms with Crippen molar-refractivity contribution in [2.75, 3.05) is 26.2 Å². The molecule has 1 saturated heterocycles. The van der Waals surface area contributed by atoms with Gasteiger partial charge in [-0.05, 0) is 79.9 Å². The van der Waals surface area contributed by atoms with Gasteiger partial charge in [0.25, 0.3) is 0 Å². The molecular formula is C25H35NO2. The van der Waals surface area contributed by atoms with Gasteiger partial charge in [-0.1, -0.05) is 50.2 Å². The molecule has 1 heterocycles. The molecular weight excluding hydrogens is 346 g/mol. The molecule has 0 amide bonds. The highest BCUT2D eigenvalue weighted by Crippen LogP contribution is 2.24. The van der Waals surface area contributed by atoms with E-state index in [4.69, 9.17) is 4.74 Å². The van der Waals surface area contributed by atoms with Crippen LogP contribution in [0.1, 0.15) is 49.3 Å². The van der Waals surface area contributed by atoms with Crippen LogP contribution >= 0.6 is 0 Å². The fourth-order valence-corrected chi connectivity index (χ4v) is 4.25. The van der Waals surface area contributed by atoms with Crippen LogP contribution in [-0.4, -0.2) is 42.4 Å². The van der Waals surface area contributed by atoms with E-state index in [-0.39, 0.29) is 0 Å². The van der Waals surface area contributed by atoms with Gasteiger partial charge >= 0.3 is 0 Å². The first-order chi connectivity index (χ1) is 13.5. The van der Waals surface area contributed by atoms with Crippen LogP contribution in [0.4, 0.5) is 0 Å². The van der Waals surface area contributed by atoms with Gasteiger partial charge in [0.15, 0.2) is 0 Å². The van der Waals surface area contributed by atoms with E-state index in [1.165, 1.54) is 36.0 Å². The molecule has 28 heavy (non-hydrogen) atoms. The van der Waals surface area contributed by atoms with Crippen molar-refractivity contribution in [1.29, 1.82) is 0 Å². The highest BCUT2D eigenvalue weighted by Gasteiger charge is 2.21.